The molecule has 3 nitrogen and oxygen atoms in total. The largest absolute Gasteiger partial charge is 0.496 e. The molecular weight excluding hydrogens is 257 g/mol. The van der Waals surface area contributed by atoms with Gasteiger partial charge < -0.3 is 9.47 Å². The molecule has 0 spiro atoms. The molecule has 2 aromatic rings. The van der Waals surface area contributed by atoms with Crippen LogP contribution in [0.2, 0.25) is 0 Å². The Morgan fingerprint density at radius 2 is 1.90 bits per heavy atom. The Balaban J connectivity index is 2.16. The molecule has 0 unspecified atom stereocenters. The van der Waals surface area contributed by atoms with Gasteiger partial charge in [-0.25, -0.2) is 4.39 Å². The molecular formula is C16H18FNO2. The number of rotatable bonds is 4. The van der Waals surface area contributed by atoms with Gasteiger partial charge in [-0.1, -0.05) is 0 Å². The van der Waals surface area contributed by atoms with Crippen LogP contribution in [0, 0.1) is 26.6 Å². The summed E-state index contributed by atoms with van der Waals surface area (Å²) in [6.07, 6.45) is 1.76. The molecule has 1 heterocycles. The van der Waals surface area contributed by atoms with E-state index in [-0.39, 0.29) is 5.82 Å². The third-order valence-corrected chi connectivity index (χ3v) is 3.25. The molecule has 20 heavy (non-hydrogen) atoms. The number of aromatic nitrogens is 1. The fourth-order valence-electron chi connectivity index (χ4n) is 2.08. The Morgan fingerprint density at radius 1 is 1.15 bits per heavy atom. The number of hydrogen-bond donors (Lipinski definition) is 0. The van der Waals surface area contributed by atoms with Crippen molar-refractivity contribution in [1.29, 1.82) is 0 Å². The lowest BCUT2D eigenvalue weighted by molar-refractivity contribution is 0.298. The molecule has 0 amide bonds. The van der Waals surface area contributed by atoms with E-state index in [1.54, 1.807) is 32.4 Å². The summed E-state index contributed by atoms with van der Waals surface area (Å²) in [5.41, 5.74) is 3.33. The van der Waals surface area contributed by atoms with Crippen LogP contribution < -0.4 is 9.47 Å². The average Bonchev–Trinajstić information content (AvgIpc) is 2.42. The van der Waals surface area contributed by atoms with Crippen molar-refractivity contribution in [3.8, 4) is 11.5 Å². The maximum Gasteiger partial charge on any atom is 0.131 e. The smallest absolute Gasteiger partial charge is 0.131 e. The number of pyridine rings is 1. The van der Waals surface area contributed by atoms with Crippen molar-refractivity contribution in [3.05, 3.63) is 52.6 Å². The van der Waals surface area contributed by atoms with Gasteiger partial charge in [-0.15, -0.1) is 0 Å². The number of hydrogen-bond acceptors (Lipinski definition) is 3. The minimum atomic E-state index is -0.233. The zero-order valence-corrected chi connectivity index (χ0v) is 12.2. The summed E-state index contributed by atoms with van der Waals surface area (Å²) in [6.45, 7) is 5.94. The van der Waals surface area contributed by atoms with Gasteiger partial charge in [0.1, 0.15) is 23.9 Å². The summed E-state index contributed by atoms with van der Waals surface area (Å²) >= 11 is 0. The van der Waals surface area contributed by atoms with Crippen LogP contribution in [-0.4, -0.2) is 12.1 Å². The quantitative estimate of drug-likeness (QED) is 0.852. The molecule has 1 aromatic carbocycles. The number of nitrogens with zero attached hydrogens (tertiary/aromatic N) is 1. The molecule has 2 rings (SSSR count). The van der Waals surface area contributed by atoms with Crippen LogP contribution >= 0.6 is 0 Å². The van der Waals surface area contributed by atoms with Crippen molar-refractivity contribution < 1.29 is 13.9 Å². The third kappa shape index (κ3) is 2.90. The number of methoxy groups -OCH3 is 1. The summed E-state index contributed by atoms with van der Waals surface area (Å²) in [4.78, 5) is 4.36. The highest BCUT2D eigenvalue weighted by atomic mass is 19.1. The minimum absolute atomic E-state index is 0.233. The molecule has 0 saturated carbocycles. The lowest BCUT2D eigenvalue weighted by atomic mass is 10.1. The van der Waals surface area contributed by atoms with E-state index in [2.05, 4.69) is 4.98 Å². The highest BCUT2D eigenvalue weighted by Crippen LogP contribution is 2.25. The second kappa shape index (κ2) is 5.90. The zero-order valence-electron chi connectivity index (χ0n) is 12.2. The average molecular weight is 275 g/mol. The van der Waals surface area contributed by atoms with Crippen LogP contribution in [0.1, 0.15) is 22.4 Å². The Morgan fingerprint density at radius 3 is 2.55 bits per heavy atom. The van der Waals surface area contributed by atoms with Crippen molar-refractivity contribution in [2.45, 2.75) is 27.4 Å². The summed E-state index contributed by atoms with van der Waals surface area (Å²) < 4.78 is 24.2. The first-order valence-corrected chi connectivity index (χ1v) is 6.41. The van der Waals surface area contributed by atoms with E-state index in [0.29, 0.717) is 17.9 Å². The van der Waals surface area contributed by atoms with E-state index in [0.717, 1.165) is 22.6 Å². The van der Waals surface area contributed by atoms with Crippen LogP contribution in [-0.2, 0) is 6.61 Å². The molecule has 0 bridgehead atoms. The van der Waals surface area contributed by atoms with Crippen LogP contribution in [0.3, 0.4) is 0 Å². The zero-order chi connectivity index (χ0) is 14.7. The second-order valence-electron chi connectivity index (χ2n) is 4.75. The highest BCUT2D eigenvalue weighted by molar-refractivity contribution is 5.41. The molecule has 0 N–H and O–H groups in total. The van der Waals surface area contributed by atoms with Gasteiger partial charge in [-0.05, 0) is 44.5 Å². The Bertz CT molecular complexity index is 626. The molecule has 0 aliphatic heterocycles. The van der Waals surface area contributed by atoms with E-state index >= 15 is 0 Å². The fraction of sp³-hybridized carbons (Fsp3) is 0.312. The van der Waals surface area contributed by atoms with Crippen molar-refractivity contribution in [2.24, 2.45) is 0 Å². The SMILES string of the molecule is COc1c(C)cnc(COc2ccc(F)c(C)c2)c1C. The fourth-order valence-corrected chi connectivity index (χ4v) is 2.08. The van der Waals surface area contributed by atoms with Gasteiger partial charge in [0.2, 0.25) is 0 Å². The highest BCUT2D eigenvalue weighted by Gasteiger charge is 2.10. The predicted molar refractivity (Wildman–Crippen MR) is 75.7 cm³/mol. The minimum Gasteiger partial charge on any atom is -0.496 e. The maximum atomic E-state index is 13.2. The van der Waals surface area contributed by atoms with Crippen molar-refractivity contribution in [2.75, 3.05) is 7.11 Å². The Labute approximate surface area is 118 Å². The number of benzene rings is 1. The van der Waals surface area contributed by atoms with Gasteiger partial charge in [0.05, 0.1) is 12.8 Å². The number of aryl methyl sites for hydroxylation is 2. The van der Waals surface area contributed by atoms with E-state index in [4.69, 9.17) is 9.47 Å². The molecule has 0 aliphatic carbocycles. The molecule has 0 aliphatic rings. The summed E-state index contributed by atoms with van der Waals surface area (Å²) in [5, 5.41) is 0. The standard InChI is InChI=1S/C16H18FNO2/c1-10-7-13(5-6-14(10)17)20-9-15-12(3)16(19-4)11(2)8-18-15/h5-8H,9H2,1-4H3. The summed E-state index contributed by atoms with van der Waals surface area (Å²) in [7, 11) is 1.64. The number of halogens is 1. The molecule has 0 radical (unpaired) electrons. The number of ether oxygens (including phenoxy) is 2. The second-order valence-corrected chi connectivity index (χ2v) is 4.75. The molecule has 1 aromatic heterocycles. The van der Waals surface area contributed by atoms with Crippen LogP contribution in [0.4, 0.5) is 4.39 Å². The van der Waals surface area contributed by atoms with Crippen LogP contribution in [0.15, 0.2) is 24.4 Å². The van der Waals surface area contributed by atoms with E-state index in [1.165, 1.54) is 6.07 Å². The lowest BCUT2D eigenvalue weighted by Gasteiger charge is -2.13. The first-order chi connectivity index (χ1) is 9.52. The lowest BCUT2D eigenvalue weighted by Crippen LogP contribution is -2.04. The van der Waals surface area contributed by atoms with E-state index < -0.39 is 0 Å². The predicted octanol–water partition coefficient (Wildman–Crippen LogP) is 3.73. The summed E-state index contributed by atoms with van der Waals surface area (Å²) in [6, 6.07) is 4.69. The van der Waals surface area contributed by atoms with Gasteiger partial charge >= 0.3 is 0 Å². The monoisotopic (exact) mass is 275 g/mol. The topological polar surface area (TPSA) is 31.4 Å². The first-order valence-electron chi connectivity index (χ1n) is 6.41. The molecule has 4 heteroatoms. The van der Waals surface area contributed by atoms with Gasteiger partial charge in [0.15, 0.2) is 0 Å². The van der Waals surface area contributed by atoms with Crippen molar-refractivity contribution in [1.82, 2.24) is 4.98 Å². The molecule has 106 valence electrons. The normalized spacial score (nSPS) is 10.4. The first kappa shape index (κ1) is 14.3. The van der Waals surface area contributed by atoms with Gasteiger partial charge in [0.25, 0.3) is 0 Å². The van der Waals surface area contributed by atoms with Gasteiger partial charge in [-0.2, -0.15) is 0 Å². The molecule has 0 saturated heterocycles. The Hall–Kier alpha value is -2.10. The van der Waals surface area contributed by atoms with Crippen LogP contribution in [0.25, 0.3) is 0 Å². The molecule has 0 fully saturated rings. The third-order valence-electron chi connectivity index (χ3n) is 3.25. The van der Waals surface area contributed by atoms with E-state index in [9.17, 15) is 4.39 Å². The summed E-state index contributed by atoms with van der Waals surface area (Å²) in [5.74, 6) is 1.22. The van der Waals surface area contributed by atoms with Crippen molar-refractivity contribution >= 4 is 0 Å². The van der Waals surface area contributed by atoms with Gasteiger partial charge in [0, 0.05) is 17.3 Å². The molecule has 0 atom stereocenters. The van der Waals surface area contributed by atoms with E-state index in [1.807, 2.05) is 13.8 Å². The van der Waals surface area contributed by atoms with Crippen LogP contribution in [0.5, 0.6) is 11.5 Å². The maximum absolute atomic E-state index is 13.2. The van der Waals surface area contributed by atoms with Crippen molar-refractivity contribution in [3.63, 3.8) is 0 Å². The Kier molecular flexibility index (Phi) is 4.23. The van der Waals surface area contributed by atoms with Gasteiger partial charge in [-0.3, -0.25) is 4.98 Å².